The molecule has 74 valence electrons. The molecule has 1 fully saturated rings. The molecule has 0 radical (unpaired) electrons. The number of hydrogen-bond acceptors (Lipinski definition) is 2. The van der Waals surface area contributed by atoms with Crippen molar-refractivity contribution in [2.75, 3.05) is 6.61 Å². The fourth-order valence-corrected chi connectivity index (χ4v) is 1.60. The van der Waals surface area contributed by atoms with Crippen LogP contribution in [0.1, 0.15) is 11.6 Å². The molecule has 3 nitrogen and oxygen atoms in total. The molecule has 2 rings (SSSR count). The maximum Gasteiger partial charge on any atom is 0.407 e. The monoisotopic (exact) mass is 215 g/mol. The molecule has 1 heterocycles. The summed E-state index contributed by atoms with van der Waals surface area (Å²) in [6.07, 6.45) is -0.504. The zero-order valence-corrected chi connectivity index (χ0v) is 7.84. The first-order chi connectivity index (χ1) is 6.68. The third kappa shape index (κ3) is 1.53. The second-order valence-corrected chi connectivity index (χ2v) is 3.32. The summed E-state index contributed by atoms with van der Waals surface area (Å²) in [6.45, 7) is 0.183. The molecule has 14 heavy (non-hydrogen) atoms. The van der Waals surface area contributed by atoms with Crippen LogP contribution in [0.3, 0.4) is 0 Å². The van der Waals surface area contributed by atoms with Gasteiger partial charge >= 0.3 is 6.09 Å². The molecule has 0 unspecified atom stereocenters. The van der Waals surface area contributed by atoms with Gasteiger partial charge in [-0.1, -0.05) is 23.7 Å². The lowest BCUT2D eigenvalue weighted by Gasteiger charge is -2.09. The number of benzene rings is 1. The summed E-state index contributed by atoms with van der Waals surface area (Å²) in [5, 5.41) is 2.56. The van der Waals surface area contributed by atoms with Crippen molar-refractivity contribution in [1.29, 1.82) is 0 Å². The van der Waals surface area contributed by atoms with E-state index >= 15 is 0 Å². The molecular weight excluding hydrogens is 209 g/mol. The van der Waals surface area contributed by atoms with Crippen molar-refractivity contribution in [2.24, 2.45) is 0 Å². The van der Waals surface area contributed by atoms with Crippen LogP contribution in [0.4, 0.5) is 9.18 Å². The highest BCUT2D eigenvalue weighted by molar-refractivity contribution is 6.31. The van der Waals surface area contributed by atoms with Crippen LogP contribution in [0.5, 0.6) is 0 Å². The molecule has 0 aliphatic carbocycles. The molecule has 1 N–H and O–H groups in total. The highest BCUT2D eigenvalue weighted by atomic mass is 35.5. The average Bonchev–Trinajstić information content (AvgIpc) is 2.57. The van der Waals surface area contributed by atoms with Crippen molar-refractivity contribution in [3.63, 3.8) is 0 Å². The molecule has 0 spiro atoms. The minimum atomic E-state index is -0.504. The number of cyclic esters (lactones) is 1. The Morgan fingerprint density at radius 3 is 3.00 bits per heavy atom. The number of nitrogens with one attached hydrogen (secondary N) is 1. The van der Waals surface area contributed by atoms with Gasteiger partial charge < -0.3 is 10.1 Å². The summed E-state index contributed by atoms with van der Waals surface area (Å²) in [5.74, 6) is -0.495. The van der Waals surface area contributed by atoms with E-state index in [9.17, 15) is 9.18 Å². The maximum atomic E-state index is 13.0. The Morgan fingerprint density at radius 1 is 1.57 bits per heavy atom. The zero-order chi connectivity index (χ0) is 10.1. The van der Waals surface area contributed by atoms with Crippen LogP contribution in [0, 0.1) is 5.82 Å². The molecule has 0 aromatic heterocycles. The lowest BCUT2D eigenvalue weighted by atomic mass is 10.1. The van der Waals surface area contributed by atoms with Crippen molar-refractivity contribution in [2.45, 2.75) is 6.04 Å². The van der Waals surface area contributed by atoms with E-state index in [0.717, 1.165) is 0 Å². The smallest absolute Gasteiger partial charge is 0.407 e. The second-order valence-electron chi connectivity index (χ2n) is 2.94. The van der Waals surface area contributed by atoms with Gasteiger partial charge in [0.05, 0.1) is 11.1 Å². The van der Waals surface area contributed by atoms with Crippen molar-refractivity contribution in [3.05, 3.63) is 34.6 Å². The first-order valence-electron chi connectivity index (χ1n) is 4.05. The predicted octanol–water partition coefficient (Wildman–Crippen LogP) is 2.26. The van der Waals surface area contributed by atoms with Gasteiger partial charge in [-0.2, -0.15) is 0 Å². The summed E-state index contributed by atoms with van der Waals surface area (Å²) in [7, 11) is 0. The van der Waals surface area contributed by atoms with Gasteiger partial charge in [-0.3, -0.25) is 0 Å². The molecule has 1 aromatic rings. The maximum absolute atomic E-state index is 13.0. The van der Waals surface area contributed by atoms with Gasteiger partial charge in [-0.15, -0.1) is 0 Å². The van der Waals surface area contributed by atoms with E-state index in [4.69, 9.17) is 11.6 Å². The van der Waals surface area contributed by atoms with E-state index in [-0.39, 0.29) is 17.7 Å². The number of ether oxygens (including phenoxy) is 1. The Hall–Kier alpha value is -1.29. The predicted molar refractivity (Wildman–Crippen MR) is 48.6 cm³/mol. The topological polar surface area (TPSA) is 38.3 Å². The molecule has 0 bridgehead atoms. The third-order valence-corrected chi connectivity index (χ3v) is 2.43. The highest BCUT2D eigenvalue weighted by Gasteiger charge is 2.26. The van der Waals surface area contributed by atoms with Crippen molar-refractivity contribution in [3.8, 4) is 0 Å². The highest BCUT2D eigenvalue weighted by Crippen LogP contribution is 2.27. The minimum Gasteiger partial charge on any atom is -0.447 e. The standard InChI is InChI=1S/C9H7ClFNO2/c10-8-5(2-1-3-6(8)11)7-4-14-9(13)12-7/h1-3,7H,4H2,(H,12,13)/t7-/m0/s1. The van der Waals surface area contributed by atoms with Gasteiger partial charge in [0.2, 0.25) is 0 Å². The van der Waals surface area contributed by atoms with Gasteiger partial charge in [0, 0.05) is 0 Å². The van der Waals surface area contributed by atoms with E-state index < -0.39 is 11.9 Å². The molecule has 1 aliphatic rings. The number of halogens is 2. The molecule has 0 saturated carbocycles. The van der Waals surface area contributed by atoms with E-state index in [1.54, 1.807) is 12.1 Å². The van der Waals surface area contributed by atoms with Crippen molar-refractivity contribution in [1.82, 2.24) is 5.32 Å². The van der Waals surface area contributed by atoms with Crippen LogP contribution in [-0.2, 0) is 4.74 Å². The number of rotatable bonds is 1. The van der Waals surface area contributed by atoms with E-state index in [2.05, 4.69) is 10.1 Å². The largest absolute Gasteiger partial charge is 0.447 e. The van der Waals surface area contributed by atoms with E-state index in [0.29, 0.717) is 5.56 Å². The molecule has 1 aliphatic heterocycles. The third-order valence-electron chi connectivity index (χ3n) is 2.03. The molecular formula is C9H7ClFNO2. The van der Waals surface area contributed by atoms with Crippen LogP contribution in [0.2, 0.25) is 5.02 Å². The number of alkyl carbamates (subject to hydrolysis) is 1. The zero-order valence-electron chi connectivity index (χ0n) is 7.09. The summed E-state index contributed by atoms with van der Waals surface area (Å²) >= 11 is 5.74. The number of carbonyl (C=O) groups is 1. The van der Waals surface area contributed by atoms with E-state index in [1.165, 1.54) is 6.07 Å². The second kappa shape index (κ2) is 3.46. The Kier molecular flexibility index (Phi) is 2.29. The first-order valence-corrected chi connectivity index (χ1v) is 4.43. The SMILES string of the molecule is O=C1N[C@H](c2cccc(F)c2Cl)CO1. The number of hydrogen-bond donors (Lipinski definition) is 1. The van der Waals surface area contributed by atoms with Gasteiger partial charge in [-0.25, -0.2) is 9.18 Å². The average molecular weight is 216 g/mol. The normalized spacial score (nSPS) is 20.4. The molecule has 1 saturated heterocycles. The van der Waals surface area contributed by atoms with Gasteiger partial charge in [0.15, 0.2) is 0 Å². The number of carbonyl (C=O) groups excluding carboxylic acids is 1. The lowest BCUT2D eigenvalue weighted by molar-refractivity contribution is 0.177. The van der Waals surface area contributed by atoms with Gasteiger partial charge in [-0.05, 0) is 11.6 Å². The van der Waals surface area contributed by atoms with E-state index in [1.807, 2.05) is 0 Å². The van der Waals surface area contributed by atoms with Crippen LogP contribution < -0.4 is 5.32 Å². The van der Waals surface area contributed by atoms with Crippen molar-refractivity contribution < 1.29 is 13.9 Å². The first kappa shape index (κ1) is 9.27. The minimum absolute atomic E-state index is 0.0308. The lowest BCUT2D eigenvalue weighted by Crippen LogP contribution is -2.18. The van der Waals surface area contributed by atoms with Crippen LogP contribution in [-0.4, -0.2) is 12.7 Å². The fourth-order valence-electron chi connectivity index (χ4n) is 1.34. The molecule has 1 aromatic carbocycles. The van der Waals surface area contributed by atoms with Crippen LogP contribution in [0.25, 0.3) is 0 Å². The Morgan fingerprint density at radius 2 is 2.36 bits per heavy atom. The summed E-state index contributed by atoms with van der Waals surface area (Å²) < 4.78 is 17.7. The van der Waals surface area contributed by atoms with Crippen molar-refractivity contribution >= 4 is 17.7 Å². The van der Waals surface area contributed by atoms with Crippen LogP contribution >= 0.6 is 11.6 Å². The Balaban J connectivity index is 2.32. The Labute approximate surface area is 84.8 Å². The molecule has 5 heteroatoms. The quantitative estimate of drug-likeness (QED) is 0.781. The summed E-state index contributed by atoms with van der Waals surface area (Å²) in [5.41, 5.74) is 0.539. The van der Waals surface area contributed by atoms with Crippen LogP contribution in [0.15, 0.2) is 18.2 Å². The Bertz CT molecular complexity index is 383. The summed E-state index contributed by atoms with van der Waals surface area (Å²) in [4.78, 5) is 10.8. The van der Waals surface area contributed by atoms with Gasteiger partial charge in [0.25, 0.3) is 0 Å². The molecule has 1 atom stereocenters. The number of amides is 1. The van der Waals surface area contributed by atoms with Gasteiger partial charge in [0.1, 0.15) is 12.4 Å². The molecule has 1 amide bonds. The summed E-state index contributed by atoms with van der Waals surface area (Å²) in [6, 6.07) is 4.11. The fraction of sp³-hybridized carbons (Fsp3) is 0.222.